The van der Waals surface area contributed by atoms with Gasteiger partial charge in [-0.1, -0.05) is 52.4 Å². The lowest BCUT2D eigenvalue weighted by Gasteiger charge is -2.44. The quantitative estimate of drug-likeness (QED) is 0.291. The molecule has 21 heavy (non-hydrogen) atoms. The number of hydrogen-bond acceptors (Lipinski definition) is 4. The van der Waals surface area contributed by atoms with Gasteiger partial charge in [-0.05, 0) is 12.8 Å². The normalized spacial score (nSPS) is 21.3. The van der Waals surface area contributed by atoms with Crippen molar-refractivity contribution in [3.8, 4) is 0 Å². The Morgan fingerprint density at radius 1 is 0.952 bits per heavy atom. The van der Waals surface area contributed by atoms with Gasteiger partial charge in [0.1, 0.15) is 0 Å². The molecule has 1 rings (SSSR count). The lowest BCUT2D eigenvalue weighted by molar-refractivity contribution is -0.406. The summed E-state index contributed by atoms with van der Waals surface area (Å²) >= 11 is 0. The summed E-state index contributed by atoms with van der Waals surface area (Å²) in [5, 5.41) is 0. The molecular weight excluding hydrogens is 268 g/mol. The SMILES string of the molecule is CCCCCCCCC(C)(CC1CO1)C(OC)(OC)OC. The molecule has 1 fully saturated rings. The number of unbranched alkanes of at least 4 members (excludes halogenated alkanes) is 5. The van der Waals surface area contributed by atoms with Crippen molar-refractivity contribution >= 4 is 0 Å². The van der Waals surface area contributed by atoms with Gasteiger partial charge in [-0.3, -0.25) is 0 Å². The van der Waals surface area contributed by atoms with Gasteiger partial charge in [0.15, 0.2) is 0 Å². The molecular formula is C17H34O4. The number of methoxy groups -OCH3 is 3. The highest BCUT2D eigenvalue weighted by Gasteiger charge is 2.52. The van der Waals surface area contributed by atoms with Gasteiger partial charge in [0, 0.05) is 21.3 Å². The highest BCUT2D eigenvalue weighted by molar-refractivity contribution is 4.90. The van der Waals surface area contributed by atoms with Crippen LogP contribution in [0.2, 0.25) is 0 Å². The molecule has 126 valence electrons. The summed E-state index contributed by atoms with van der Waals surface area (Å²) in [5.74, 6) is -0.984. The Morgan fingerprint density at radius 2 is 1.48 bits per heavy atom. The van der Waals surface area contributed by atoms with E-state index in [1.54, 1.807) is 21.3 Å². The Bertz CT molecular complexity index is 266. The molecule has 0 N–H and O–H groups in total. The van der Waals surface area contributed by atoms with Gasteiger partial charge in [-0.2, -0.15) is 0 Å². The third-order valence-electron chi connectivity index (χ3n) is 4.71. The minimum absolute atomic E-state index is 0.197. The lowest BCUT2D eigenvalue weighted by atomic mass is 9.77. The van der Waals surface area contributed by atoms with E-state index in [4.69, 9.17) is 18.9 Å². The predicted molar refractivity (Wildman–Crippen MR) is 84.2 cm³/mol. The van der Waals surface area contributed by atoms with Gasteiger partial charge in [0.2, 0.25) is 0 Å². The first-order chi connectivity index (χ1) is 10.1. The van der Waals surface area contributed by atoms with Crippen LogP contribution in [0.3, 0.4) is 0 Å². The molecule has 1 heterocycles. The van der Waals surface area contributed by atoms with Crippen molar-refractivity contribution in [3.05, 3.63) is 0 Å². The van der Waals surface area contributed by atoms with Crippen molar-refractivity contribution in [2.45, 2.75) is 77.3 Å². The van der Waals surface area contributed by atoms with Gasteiger partial charge in [-0.15, -0.1) is 0 Å². The molecule has 0 saturated carbocycles. The van der Waals surface area contributed by atoms with Crippen LogP contribution in [0.25, 0.3) is 0 Å². The first-order valence-electron chi connectivity index (χ1n) is 8.34. The van der Waals surface area contributed by atoms with Crippen LogP contribution in [-0.2, 0) is 18.9 Å². The number of hydrogen-bond donors (Lipinski definition) is 0. The second kappa shape index (κ2) is 9.09. The summed E-state index contributed by atoms with van der Waals surface area (Å²) in [6, 6.07) is 0. The summed E-state index contributed by atoms with van der Waals surface area (Å²) in [7, 11) is 4.96. The average molecular weight is 302 g/mol. The minimum atomic E-state index is -0.984. The summed E-state index contributed by atoms with van der Waals surface area (Å²) < 4.78 is 22.3. The zero-order valence-corrected chi connectivity index (χ0v) is 14.6. The van der Waals surface area contributed by atoms with Crippen LogP contribution in [-0.4, -0.2) is 40.0 Å². The lowest BCUT2D eigenvalue weighted by Crippen LogP contribution is -2.52. The van der Waals surface area contributed by atoms with Crippen LogP contribution < -0.4 is 0 Å². The fraction of sp³-hybridized carbons (Fsp3) is 1.00. The van der Waals surface area contributed by atoms with Crippen LogP contribution in [0.15, 0.2) is 0 Å². The molecule has 0 spiro atoms. The van der Waals surface area contributed by atoms with Crippen LogP contribution in [0.4, 0.5) is 0 Å². The maximum atomic E-state index is 5.63. The first-order valence-corrected chi connectivity index (χ1v) is 8.34. The van der Waals surface area contributed by atoms with Crippen molar-refractivity contribution in [3.63, 3.8) is 0 Å². The van der Waals surface area contributed by atoms with Crippen LogP contribution in [0, 0.1) is 5.41 Å². The predicted octanol–water partition coefficient (Wildman–Crippen LogP) is 4.13. The Labute approximate surface area is 130 Å². The van der Waals surface area contributed by atoms with Gasteiger partial charge < -0.3 is 18.9 Å². The van der Waals surface area contributed by atoms with E-state index in [2.05, 4.69) is 13.8 Å². The van der Waals surface area contributed by atoms with Crippen LogP contribution >= 0.6 is 0 Å². The van der Waals surface area contributed by atoms with Gasteiger partial charge in [0.25, 0.3) is 5.97 Å². The van der Waals surface area contributed by atoms with Crippen molar-refractivity contribution in [2.75, 3.05) is 27.9 Å². The van der Waals surface area contributed by atoms with E-state index in [0.29, 0.717) is 6.10 Å². The van der Waals surface area contributed by atoms with Crippen LogP contribution in [0.5, 0.6) is 0 Å². The average Bonchev–Trinajstić information content (AvgIpc) is 3.29. The fourth-order valence-electron chi connectivity index (χ4n) is 3.35. The Morgan fingerprint density at radius 3 is 1.95 bits per heavy atom. The second-order valence-electron chi connectivity index (χ2n) is 6.41. The van der Waals surface area contributed by atoms with Crippen molar-refractivity contribution < 1.29 is 18.9 Å². The maximum Gasteiger partial charge on any atom is 0.287 e. The molecule has 1 aliphatic heterocycles. The zero-order chi connectivity index (χ0) is 15.8. The van der Waals surface area contributed by atoms with Crippen molar-refractivity contribution in [2.24, 2.45) is 5.41 Å². The first kappa shape index (κ1) is 18.9. The van der Waals surface area contributed by atoms with E-state index >= 15 is 0 Å². The molecule has 2 atom stereocenters. The highest BCUT2D eigenvalue weighted by atomic mass is 16.9. The second-order valence-corrected chi connectivity index (χ2v) is 6.41. The van der Waals surface area contributed by atoms with Gasteiger partial charge in [0.05, 0.1) is 18.1 Å². The molecule has 0 aromatic carbocycles. The molecule has 2 unspecified atom stereocenters. The molecule has 0 amide bonds. The van der Waals surface area contributed by atoms with Gasteiger partial charge in [-0.25, -0.2) is 0 Å². The van der Waals surface area contributed by atoms with Crippen LogP contribution in [0.1, 0.15) is 65.2 Å². The topological polar surface area (TPSA) is 40.2 Å². The van der Waals surface area contributed by atoms with E-state index in [1.807, 2.05) is 0 Å². The monoisotopic (exact) mass is 302 g/mol. The van der Waals surface area contributed by atoms with Crippen molar-refractivity contribution in [1.29, 1.82) is 0 Å². The molecule has 0 aliphatic carbocycles. The largest absolute Gasteiger partial charge is 0.373 e. The Kier molecular flexibility index (Phi) is 8.17. The highest BCUT2D eigenvalue weighted by Crippen LogP contribution is 2.46. The summed E-state index contributed by atoms with van der Waals surface area (Å²) in [6.45, 7) is 5.29. The molecule has 0 radical (unpaired) electrons. The molecule has 1 saturated heterocycles. The molecule has 0 bridgehead atoms. The summed E-state index contributed by atoms with van der Waals surface area (Å²) in [6.07, 6.45) is 9.97. The molecule has 0 aromatic rings. The molecule has 4 nitrogen and oxygen atoms in total. The fourth-order valence-corrected chi connectivity index (χ4v) is 3.35. The van der Waals surface area contributed by atoms with E-state index in [-0.39, 0.29) is 5.41 Å². The van der Waals surface area contributed by atoms with Crippen molar-refractivity contribution in [1.82, 2.24) is 0 Å². The standard InChI is InChI=1S/C17H34O4/c1-6-7-8-9-10-11-12-16(2,13-15-14-21-15)17(18-3,19-4)20-5/h15H,6-14H2,1-5H3. The minimum Gasteiger partial charge on any atom is -0.373 e. The number of ether oxygens (including phenoxy) is 4. The summed E-state index contributed by atoms with van der Waals surface area (Å²) in [5.41, 5.74) is -0.197. The van der Waals surface area contributed by atoms with E-state index in [9.17, 15) is 0 Å². The third kappa shape index (κ3) is 5.20. The summed E-state index contributed by atoms with van der Waals surface area (Å²) in [4.78, 5) is 0. The zero-order valence-electron chi connectivity index (χ0n) is 14.6. The number of epoxide rings is 1. The molecule has 4 heteroatoms. The van der Waals surface area contributed by atoms with E-state index in [1.165, 1.54) is 38.5 Å². The number of rotatable bonds is 13. The van der Waals surface area contributed by atoms with Gasteiger partial charge >= 0.3 is 0 Å². The third-order valence-corrected chi connectivity index (χ3v) is 4.71. The molecule has 1 aliphatic rings. The smallest absolute Gasteiger partial charge is 0.287 e. The molecule has 0 aromatic heterocycles. The van der Waals surface area contributed by atoms with E-state index < -0.39 is 5.97 Å². The van der Waals surface area contributed by atoms with E-state index in [0.717, 1.165) is 19.4 Å². The Hall–Kier alpha value is -0.160. The Balaban J connectivity index is 2.55. The maximum absolute atomic E-state index is 5.63.